The second kappa shape index (κ2) is 10.1. The van der Waals surface area contributed by atoms with Crippen LogP contribution in [0.4, 0.5) is 10.5 Å². The minimum atomic E-state index is -1.80. The number of hydrogen-bond donors (Lipinski definition) is 1. The molecule has 0 bridgehead atoms. The molecule has 40 heavy (non-hydrogen) atoms. The minimum absolute atomic E-state index is 0.0659. The number of benzene rings is 3. The van der Waals surface area contributed by atoms with Crippen LogP contribution in [0.25, 0.3) is 0 Å². The number of carbonyl (C=O) groups excluding carboxylic acids is 2. The number of hydrogen-bond acceptors (Lipinski definition) is 7. The molecule has 9 heteroatoms. The van der Waals surface area contributed by atoms with Crippen molar-refractivity contribution in [3.05, 3.63) is 106 Å². The Hall–Kier alpha value is -4.24. The molecule has 0 aromatic heterocycles. The summed E-state index contributed by atoms with van der Waals surface area (Å²) in [4.78, 5) is 41.6. The Morgan fingerprint density at radius 1 is 1.00 bits per heavy atom. The van der Waals surface area contributed by atoms with E-state index in [2.05, 4.69) is 0 Å². The first-order valence-electron chi connectivity index (χ1n) is 13.2. The maximum atomic E-state index is 14.6. The van der Waals surface area contributed by atoms with Gasteiger partial charge in [-0.1, -0.05) is 60.7 Å². The maximum absolute atomic E-state index is 14.6. The van der Waals surface area contributed by atoms with Crippen molar-refractivity contribution in [2.45, 2.75) is 62.2 Å². The normalized spacial score (nSPS) is 25.9. The SMILES string of the molecule is COc1ccc([C@@H]2C[C@H](O)[C@]3(C(=O)N(C(=O)OC(C)(C)C)c4ccccc43)[C@@H](c3ccccc3)[C@H]2[N+](=O)[O-])cc1. The number of anilines is 1. The van der Waals surface area contributed by atoms with Gasteiger partial charge in [0.2, 0.25) is 6.04 Å². The van der Waals surface area contributed by atoms with Gasteiger partial charge in [-0.2, -0.15) is 0 Å². The molecule has 1 N–H and O–H groups in total. The van der Waals surface area contributed by atoms with Crippen molar-refractivity contribution in [3.8, 4) is 5.75 Å². The van der Waals surface area contributed by atoms with E-state index in [1.807, 2.05) is 0 Å². The molecule has 1 aliphatic heterocycles. The number of carbonyl (C=O) groups is 2. The van der Waals surface area contributed by atoms with Crippen LogP contribution in [-0.2, 0) is 14.9 Å². The molecule has 0 saturated heterocycles. The van der Waals surface area contributed by atoms with Gasteiger partial charge in [0.1, 0.15) is 16.8 Å². The van der Waals surface area contributed by atoms with Crippen LogP contribution >= 0.6 is 0 Å². The number of nitro groups is 1. The Morgan fingerprint density at radius 3 is 2.23 bits per heavy atom. The summed E-state index contributed by atoms with van der Waals surface area (Å²) in [6.07, 6.45) is -2.30. The lowest BCUT2D eigenvalue weighted by Gasteiger charge is -2.47. The van der Waals surface area contributed by atoms with Crippen LogP contribution < -0.4 is 9.64 Å². The number of aliphatic hydroxyl groups is 1. The zero-order chi connectivity index (χ0) is 28.8. The summed E-state index contributed by atoms with van der Waals surface area (Å²) >= 11 is 0. The number of ether oxygens (including phenoxy) is 2. The number of aliphatic hydroxyl groups excluding tert-OH is 1. The lowest BCUT2D eigenvalue weighted by molar-refractivity contribution is -0.537. The van der Waals surface area contributed by atoms with Crippen LogP contribution in [0, 0.1) is 10.1 Å². The van der Waals surface area contributed by atoms with Crippen molar-refractivity contribution in [3.63, 3.8) is 0 Å². The topological polar surface area (TPSA) is 119 Å². The summed E-state index contributed by atoms with van der Waals surface area (Å²) in [7, 11) is 1.54. The molecule has 0 unspecified atom stereocenters. The van der Waals surface area contributed by atoms with Crippen LogP contribution in [0.15, 0.2) is 78.9 Å². The smallest absolute Gasteiger partial charge is 0.421 e. The van der Waals surface area contributed by atoms with Crippen molar-refractivity contribution < 1.29 is 29.1 Å². The van der Waals surface area contributed by atoms with Crippen LogP contribution in [0.1, 0.15) is 55.7 Å². The Bertz CT molecular complexity index is 1430. The van der Waals surface area contributed by atoms with Crippen molar-refractivity contribution >= 4 is 17.7 Å². The zero-order valence-electron chi connectivity index (χ0n) is 22.8. The molecule has 5 rings (SSSR count). The van der Waals surface area contributed by atoms with E-state index in [0.717, 1.165) is 4.90 Å². The predicted molar refractivity (Wildman–Crippen MR) is 148 cm³/mol. The molecule has 1 saturated carbocycles. The Balaban J connectivity index is 1.75. The molecule has 1 heterocycles. The fraction of sp³-hybridized carbons (Fsp3) is 0.355. The van der Waals surface area contributed by atoms with E-state index in [1.165, 1.54) is 7.11 Å². The van der Waals surface area contributed by atoms with E-state index in [4.69, 9.17) is 9.47 Å². The first-order valence-corrected chi connectivity index (χ1v) is 13.2. The number of para-hydroxylation sites is 1. The van der Waals surface area contributed by atoms with Crippen molar-refractivity contribution in [2.75, 3.05) is 12.0 Å². The summed E-state index contributed by atoms with van der Waals surface area (Å²) in [5, 5.41) is 25.0. The molecule has 1 aliphatic carbocycles. The van der Waals surface area contributed by atoms with Crippen molar-refractivity contribution in [2.24, 2.45) is 0 Å². The van der Waals surface area contributed by atoms with E-state index < -0.39 is 47.0 Å². The van der Waals surface area contributed by atoms with Gasteiger partial charge in [0.25, 0.3) is 5.91 Å². The van der Waals surface area contributed by atoms with Gasteiger partial charge in [0, 0.05) is 4.92 Å². The molecule has 208 valence electrons. The molecule has 0 radical (unpaired) electrons. The van der Waals surface area contributed by atoms with Crippen LogP contribution in [0.5, 0.6) is 5.75 Å². The highest BCUT2D eigenvalue weighted by Gasteiger charge is 2.69. The van der Waals surface area contributed by atoms with E-state index in [0.29, 0.717) is 22.4 Å². The quantitative estimate of drug-likeness (QED) is 0.354. The average molecular weight is 545 g/mol. The monoisotopic (exact) mass is 544 g/mol. The second-order valence-corrected chi connectivity index (χ2v) is 11.3. The lowest BCUT2D eigenvalue weighted by atomic mass is 9.54. The number of methoxy groups -OCH3 is 1. The molecule has 1 fully saturated rings. The molecule has 3 aromatic rings. The van der Waals surface area contributed by atoms with Gasteiger partial charge in [0.05, 0.1) is 30.7 Å². The van der Waals surface area contributed by atoms with Gasteiger partial charge in [-0.25, -0.2) is 9.69 Å². The average Bonchev–Trinajstić information content (AvgIpc) is 3.18. The van der Waals surface area contributed by atoms with Gasteiger partial charge >= 0.3 is 6.09 Å². The standard InChI is InChI=1S/C31H32N2O7/c1-30(2,3)40-29(36)32-24-13-9-8-12-23(24)31(28(32)35)25(34)18-22(19-14-16-21(39-4)17-15-19)27(33(37)38)26(31)20-10-6-5-7-11-20/h5-17,22,25-27,34H,18H2,1-4H3/t22-,25-,26-,27-,31-/m0/s1. The predicted octanol–water partition coefficient (Wildman–Crippen LogP) is 5.19. The number of fused-ring (bicyclic) bond motifs is 2. The zero-order valence-corrected chi connectivity index (χ0v) is 22.8. The van der Waals surface area contributed by atoms with Gasteiger partial charge in [-0.15, -0.1) is 0 Å². The van der Waals surface area contributed by atoms with E-state index in [9.17, 15) is 24.8 Å². The van der Waals surface area contributed by atoms with Crippen LogP contribution in [0.2, 0.25) is 0 Å². The van der Waals surface area contributed by atoms with E-state index in [-0.39, 0.29) is 17.0 Å². The number of amides is 2. The van der Waals surface area contributed by atoms with Gasteiger partial charge in [0.15, 0.2) is 0 Å². The van der Waals surface area contributed by atoms with E-state index >= 15 is 0 Å². The molecule has 2 amide bonds. The van der Waals surface area contributed by atoms with Crippen LogP contribution in [-0.4, -0.2) is 46.9 Å². The maximum Gasteiger partial charge on any atom is 0.421 e. The summed E-state index contributed by atoms with van der Waals surface area (Å²) in [6.45, 7) is 5.08. The summed E-state index contributed by atoms with van der Waals surface area (Å²) < 4.78 is 10.8. The highest BCUT2D eigenvalue weighted by Crippen LogP contribution is 2.60. The summed E-state index contributed by atoms with van der Waals surface area (Å²) in [5.41, 5.74) is -0.889. The fourth-order valence-corrected chi connectivity index (χ4v) is 6.39. The third-order valence-corrected chi connectivity index (χ3v) is 7.92. The number of nitrogens with zero attached hydrogens (tertiary/aromatic N) is 2. The first-order chi connectivity index (χ1) is 19.0. The molecular formula is C31H32N2O7. The molecular weight excluding hydrogens is 512 g/mol. The fourth-order valence-electron chi connectivity index (χ4n) is 6.39. The number of imide groups is 1. The Kier molecular flexibility index (Phi) is 6.87. The Morgan fingerprint density at radius 2 is 1.62 bits per heavy atom. The molecule has 5 atom stereocenters. The number of rotatable bonds is 4. The lowest BCUT2D eigenvalue weighted by Crippen LogP contribution is -2.62. The first kappa shape index (κ1) is 27.3. The minimum Gasteiger partial charge on any atom is -0.497 e. The van der Waals surface area contributed by atoms with Gasteiger partial charge in [-0.05, 0) is 62.1 Å². The summed E-state index contributed by atoms with van der Waals surface area (Å²) in [5.74, 6) is -1.95. The van der Waals surface area contributed by atoms with Gasteiger partial charge < -0.3 is 14.6 Å². The van der Waals surface area contributed by atoms with Crippen molar-refractivity contribution in [1.82, 2.24) is 0 Å². The molecule has 3 aromatic carbocycles. The molecule has 1 spiro atoms. The Labute approximate surface area is 232 Å². The largest absolute Gasteiger partial charge is 0.497 e. The van der Waals surface area contributed by atoms with Crippen molar-refractivity contribution in [1.29, 1.82) is 0 Å². The highest BCUT2D eigenvalue weighted by molar-refractivity contribution is 6.22. The molecule has 2 aliphatic rings. The third-order valence-electron chi connectivity index (χ3n) is 7.92. The van der Waals surface area contributed by atoms with E-state index in [1.54, 1.807) is 99.6 Å². The second-order valence-electron chi connectivity index (χ2n) is 11.3. The highest BCUT2D eigenvalue weighted by atomic mass is 16.6. The third kappa shape index (κ3) is 4.30. The van der Waals surface area contributed by atoms with Crippen LogP contribution in [0.3, 0.4) is 0 Å². The molecule has 9 nitrogen and oxygen atoms in total. The summed E-state index contributed by atoms with van der Waals surface area (Å²) in [6, 6.07) is 21.1. The van der Waals surface area contributed by atoms with Gasteiger partial charge in [-0.3, -0.25) is 14.9 Å².